The number of aliphatic hydroxyl groups is 1. The smallest absolute Gasteiger partial charge is 0.307 e. The van der Waals surface area contributed by atoms with Crippen LogP contribution in [0.4, 0.5) is 0 Å². The summed E-state index contributed by atoms with van der Waals surface area (Å²) in [4.78, 5) is 25.6. The molecule has 2 fully saturated rings. The normalized spacial score (nSPS) is 34.8. The number of aliphatic hydroxyl groups excluding tert-OH is 1. The maximum absolute atomic E-state index is 12.6. The molecule has 4 atom stereocenters. The molecule has 0 bridgehead atoms. The van der Waals surface area contributed by atoms with Gasteiger partial charge in [0.15, 0.2) is 0 Å². The molecule has 1 saturated carbocycles. The summed E-state index contributed by atoms with van der Waals surface area (Å²) >= 11 is 0. The Kier molecular flexibility index (Phi) is 4.99. The van der Waals surface area contributed by atoms with Crippen LogP contribution < -0.4 is 0 Å². The highest BCUT2D eigenvalue weighted by molar-refractivity contribution is 5.85. The molecule has 1 saturated heterocycles. The van der Waals surface area contributed by atoms with Gasteiger partial charge in [-0.15, -0.1) is 0 Å². The van der Waals surface area contributed by atoms with Gasteiger partial charge in [-0.05, 0) is 19.8 Å². The quantitative estimate of drug-likeness (QED) is 0.788. The van der Waals surface area contributed by atoms with Gasteiger partial charge in [-0.3, -0.25) is 9.59 Å². The minimum absolute atomic E-state index is 0.0919. The number of aliphatic carboxylic acids is 1. The molecular formula is C14H23NO5. The molecular weight excluding hydrogens is 262 g/mol. The average molecular weight is 285 g/mol. The molecule has 1 aliphatic carbocycles. The number of morpholine rings is 1. The van der Waals surface area contributed by atoms with Gasteiger partial charge in [-0.25, -0.2) is 0 Å². The lowest BCUT2D eigenvalue weighted by Gasteiger charge is -2.39. The molecule has 2 N–H and O–H groups in total. The molecule has 6 heteroatoms. The van der Waals surface area contributed by atoms with E-state index in [-0.39, 0.29) is 24.7 Å². The number of hydrogen-bond acceptors (Lipinski definition) is 4. The van der Waals surface area contributed by atoms with Crippen molar-refractivity contribution in [2.75, 3.05) is 19.7 Å². The van der Waals surface area contributed by atoms with Crippen LogP contribution in [0, 0.1) is 11.8 Å². The first-order valence-electron chi connectivity index (χ1n) is 7.30. The number of amides is 1. The van der Waals surface area contributed by atoms with E-state index in [1.54, 1.807) is 4.90 Å². The SMILES string of the molecule is CC1CN(C(=O)C2CCCCC2C(=O)O)CC(CO)O1. The number of ether oxygens (including phenoxy) is 1. The maximum atomic E-state index is 12.6. The van der Waals surface area contributed by atoms with E-state index in [9.17, 15) is 19.8 Å². The Balaban J connectivity index is 2.06. The van der Waals surface area contributed by atoms with Crippen LogP contribution in [0.25, 0.3) is 0 Å². The lowest BCUT2D eigenvalue weighted by Crippen LogP contribution is -2.53. The van der Waals surface area contributed by atoms with Gasteiger partial charge in [0.1, 0.15) is 0 Å². The Bertz CT molecular complexity index is 373. The first-order valence-corrected chi connectivity index (χ1v) is 7.30. The molecule has 1 heterocycles. The molecule has 4 unspecified atom stereocenters. The van der Waals surface area contributed by atoms with E-state index in [4.69, 9.17) is 4.74 Å². The fourth-order valence-electron chi connectivity index (χ4n) is 3.28. The molecule has 1 aliphatic heterocycles. The lowest BCUT2D eigenvalue weighted by molar-refractivity contribution is -0.160. The van der Waals surface area contributed by atoms with Gasteiger partial charge >= 0.3 is 5.97 Å². The highest BCUT2D eigenvalue weighted by atomic mass is 16.5. The third kappa shape index (κ3) is 3.30. The molecule has 0 aromatic carbocycles. The summed E-state index contributed by atoms with van der Waals surface area (Å²) in [5.41, 5.74) is 0. The molecule has 1 amide bonds. The Hall–Kier alpha value is -1.14. The topological polar surface area (TPSA) is 87.1 Å². The standard InChI is InChI=1S/C14H23NO5/c1-9-6-15(7-10(8-16)20-9)13(17)11-4-2-3-5-12(11)14(18)19/h9-12,16H,2-8H2,1H3,(H,18,19). The summed E-state index contributed by atoms with van der Waals surface area (Å²) < 4.78 is 5.52. The fourth-order valence-corrected chi connectivity index (χ4v) is 3.28. The minimum Gasteiger partial charge on any atom is -0.481 e. The van der Waals surface area contributed by atoms with Crippen molar-refractivity contribution in [2.45, 2.75) is 44.8 Å². The van der Waals surface area contributed by atoms with E-state index in [1.807, 2.05) is 6.92 Å². The highest BCUT2D eigenvalue weighted by Crippen LogP contribution is 2.32. The molecule has 2 aliphatic rings. The van der Waals surface area contributed by atoms with Crippen LogP contribution in [0.3, 0.4) is 0 Å². The number of carbonyl (C=O) groups excluding carboxylic acids is 1. The second-order valence-electron chi connectivity index (χ2n) is 5.83. The van der Waals surface area contributed by atoms with Gasteiger partial charge in [0, 0.05) is 13.1 Å². The van der Waals surface area contributed by atoms with Crippen molar-refractivity contribution >= 4 is 11.9 Å². The molecule has 6 nitrogen and oxygen atoms in total. The molecule has 0 spiro atoms. The Labute approximate surface area is 118 Å². The predicted octanol–water partition coefficient (Wildman–Crippen LogP) is 0.486. The molecule has 0 radical (unpaired) electrons. The van der Waals surface area contributed by atoms with Crippen molar-refractivity contribution in [3.05, 3.63) is 0 Å². The molecule has 0 aromatic rings. The van der Waals surface area contributed by atoms with Crippen LogP contribution in [0.5, 0.6) is 0 Å². The number of nitrogens with zero attached hydrogens (tertiary/aromatic N) is 1. The minimum atomic E-state index is -0.872. The molecule has 2 rings (SSSR count). The van der Waals surface area contributed by atoms with Gasteiger partial charge < -0.3 is 19.8 Å². The van der Waals surface area contributed by atoms with Crippen molar-refractivity contribution in [3.8, 4) is 0 Å². The van der Waals surface area contributed by atoms with E-state index in [1.165, 1.54) is 0 Å². The summed E-state index contributed by atoms with van der Waals surface area (Å²) in [6, 6.07) is 0. The second kappa shape index (κ2) is 6.54. The van der Waals surface area contributed by atoms with E-state index in [0.717, 1.165) is 12.8 Å². The van der Waals surface area contributed by atoms with Gasteiger partial charge in [-0.2, -0.15) is 0 Å². The molecule has 20 heavy (non-hydrogen) atoms. The second-order valence-corrected chi connectivity index (χ2v) is 5.83. The number of hydrogen-bond donors (Lipinski definition) is 2. The average Bonchev–Trinajstić information content (AvgIpc) is 2.45. The first-order chi connectivity index (χ1) is 9.52. The van der Waals surface area contributed by atoms with Gasteiger partial charge in [-0.1, -0.05) is 12.8 Å². The molecule has 0 aromatic heterocycles. The van der Waals surface area contributed by atoms with Crippen molar-refractivity contribution < 1.29 is 24.5 Å². The predicted molar refractivity (Wildman–Crippen MR) is 71.1 cm³/mol. The van der Waals surface area contributed by atoms with Crippen LogP contribution in [-0.4, -0.2) is 58.9 Å². The number of carbonyl (C=O) groups is 2. The Morgan fingerprint density at radius 1 is 1.20 bits per heavy atom. The largest absolute Gasteiger partial charge is 0.481 e. The zero-order valence-electron chi connectivity index (χ0n) is 11.8. The first kappa shape index (κ1) is 15.3. The zero-order chi connectivity index (χ0) is 14.7. The van der Waals surface area contributed by atoms with Crippen molar-refractivity contribution in [1.82, 2.24) is 4.90 Å². The van der Waals surface area contributed by atoms with Gasteiger partial charge in [0.2, 0.25) is 5.91 Å². The number of carboxylic acids is 1. The fraction of sp³-hybridized carbons (Fsp3) is 0.857. The summed E-state index contributed by atoms with van der Waals surface area (Å²) in [7, 11) is 0. The van der Waals surface area contributed by atoms with Crippen LogP contribution in [-0.2, 0) is 14.3 Å². The number of rotatable bonds is 3. The van der Waals surface area contributed by atoms with E-state index in [2.05, 4.69) is 0 Å². The van der Waals surface area contributed by atoms with Crippen LogP contribution in [0.2, 0.25) is 0 Å². The highest BCUT2D eigenvalue weighted by Gasteiger charge is 2.39. The van der Waals surface area contributed by atoms with Crippen LogP contribution in [0.1, 0.15) is 32.6 Å². The third-order valence-corrected chi connectivity index (χ3v) is 4.24. The summed E-state index contributed by atoms with van der Waals surface area (Å²) in [5, 5.41) is 18.5. The maximum Gasteiger partial charge on any atom is 0.307 e. The summed E-state index contributed by atoms with van der Waals surface area (Å²) in [5.74, 6) is -1.96. The van der Waals surface area contributed by atoms with Crippen molar-refractivity contribution in [2.24, 2.45) is 11.8 Å². The van der Waals surface area contributed by atoms with Crippen LogP contribution in [0.15, 0.2) is 0 Å². The Morgan fingerprint density at radius 2 is 1.85 bits per heavy atom. The van der Waals surface area contributed by atoms with Crippen molar-refractivity contribution in [1.29, 1.82) is 0 Å². The summed E-state index contributed by atoms with van der Waals surface area (Å²) in [6.45, 7) is 2.56. The van der Waals surface area contributed by atoms with Gasteiger partial charge in [0.05, 0.1) is 30.7 Å². The van der Waals surface area contributed by atoms with Gasteiger partial charge in [0.25, 0.3) is 0 Å². The Morgan fingerprint density at radius 3 is 2.45 bits per heavy atom. The van der Waals surface area contributed by atoms with E-state index in [0.29, 0.717) is 25.9 Å². The lowest BCUT2D eigenvalue weighted by atomic mass is 9.78. The van der Waals surface area contributed by atoms with E-state index >= 15 is 0 Å². The third-order valence-electron chi connectivity index (χ3n) is 4.24. The monoisotopic (exact) mass is 285 g/mol. The molecule has 114 valence electrons. The van der Waals surface area contributed by atoms with E-state index < -0.39 is 17.8 Å². The number of carboxylic acid groups (broad SMARTS) is 1. The van der Waals surface area contributed by atoms with Crippen molar-refractivity contribution in [3.63, 3.8) is 0 Å². The zero-order valence-corrected chi connectivity index (χ0v) is 11.8. The van der Waals surface area contributed by atoms with Crippen LogP contribution >= 0.6 is 0 Å². The summed E-state index contributed by atoms with van der Waals surface area (Å²) in [6.07, 6.45) is 2.51.